The maximum Gasteiger partial charge on any atom is 0.338 e. The Morgan fingerprint density at radius 3 is 2.71 bits per heavy atom. The quantitative estimate of drug-likeness (QED) is 0.792. The van der Waals surface area contributed by atoms with Gasteiger partial charge in [0.25, 0.3) is 0 Å². The van der Waals surface area contributed by atoms with Crippen LogP contribution in [0.3, 0.4) is 0 Å². The smallest absolute Gasteiger partial charge is 0.338 e. The van der Waals surface area contributed by atoms with Crippen molar-refractivity contribution >= 4 is 27.8 Å². The van der Waals surface area contributed by atoms with Gasteiger partial charge in [0, 0.05) is 10.2 Å². The van der Waals surface area contributed by atoms with Gasteiger partial charge in [0.1, 0.15) is 11.6 Å². The van der Waals surface area contributed by atoms with Gasteiger partial charge in [0.2, 0.25) is 5.95 Å². The molecule has 1 atom stereocenters. The van der Waals surface area contributed by atoms with Crippen molar-refractivity contribution in [2.45, 2.75) is 39.3 Å². The van der Waals surface area contributed by atoms with E-state index in [1.54, 1.807) is 4.68 Å². The molecule has 1 aromatic carbocycles. The predicted octanol–water partition coefficient (Wildman–Crippen LogP) is 3.07. The van der Waals surface area contributed by atoms with E-state index in [-0.39, 0.29) is 0 Å². The number of carbonyl (C=O) groups is 1. The molecule has 1 N–H and O–H groups in total. The Balaban J connectivity index is 2.14. The molecule has 126 valence electrons. The lowest BCUT2D eigenvalue weighted by molar-refractivity contribution is -0.150. The molecular formula is C16H18BrN5O2. The van der Waals surface area contributed by atoms with Gasteiger partial charge in [0.05, 0.1) is 5.57 Å². The van der Waals surface area contributed by atoms with E-state index >= 15 is 0 Å². The number of tetrazole rings is 1. The second kappa shape index (κ2) is 6.01. The topological polar surface area (TPSA) is 81.9 Å². The zero-order valence-corrected chi connectivity index (χ0v) is 15.5. The van der Waals surface area contributed by atoms with Crippen LogP contribution in [0.2, 0.25) is 0 Å². The van der Waals surface area contributed by atoms with Gasteiger partial charge in [-0.3, -0.25) is 0 Å². The predicted molar refractivity (Wildman–Crippen MR) is 92.3 cm³/mol. The summed E-state index contributed by atoms with van der Waals surface area (Å²) in [5.74, 6) is 0.0926. The standard InChI is InChI=1S/C16H18BrN5O2/c1-9-12(14(23)24-16(2,3)4)13(10-7-5-6-8-11(10)17)22-15(18-9)19-20-21-22/h5-8,13H,1-4H3,(H,18,19,21)/t13-/m0/s1. The molecule has 0 radical (unpaired) electrons. The highest BCUT2D eigenvalue weighted by Gasteiger charge is 2.37. The molecule has 2 heterocycles. The summed E-state index contributed by atoms with van der Waals surface area (Å²) in [5, 5.41) is 14.8. The van der Waals surface area contributed by atoms with Gasteiger partial charge in [-0.25, -0.2) is 4.79 Å². The molecule has 3 rings (SSSR count). The molecule has 0 saturated carbocycles. The van der Waals surface area contributed by atoms with Crippen LogP contribution < -0.4 is 5.32 Å². The first-order valence-electron chi connectivity index (χ1n) is 7.51. The van der Waals surface area contributed by atoms with E-state index in [2.05, 4.69) is 36.8 Å². The molecule has 0 amide bonds. The summed E-state index contributed by atoms with van der Waals surface area (Å²) in [4.78, 5) is 12.8. The van der Waals surface area contributed by atoms with Crippen molar-refractivity contribution in [3.05, 3.63) is 45.6 Å². The number of halogens is 1. The van der Waals surface area contributed by atoms with Crippen LogP contribution in [0.5, 0.6) is 0 Å². The molecule has 0 bridgehead atoms. The van der Waals surface area contributed by atoms with Crippen molar-refractivity contribution < 1.29 is 9.53 Å². The van der Waals surface area contributed by atoms with Crippen LogP contribution in [0.4, 0.5) is 5.95 Å². The number of nitrogens with zero attached hydrogens (tertiary/aromatic N) is 4. The number of hydrogen-bond donors (Lipinski definition) is 1. The van der Waals surface area contributed by atoms with E-state index in [1.807, 2.05) is 52.0 Å². The summed E-state index contributed by atoms with van der Waals surface area (Å²) in [6, 6.07) is 7.21. The SMILES string of the molecule is CC1=C(C(=O)OC(C)(C)C)[C@H](c2ccccc2Br)n2nnnc2N1. The van der Waals surface area contributed by atoms with Crippen LogP contribution in [0.1, 0.15) is 39.3 Å². The van der Waals surface area contributed by atoms with E-state index in [0.717, 1.165) is 10.0 Å². The van der Waals surface area contributed by atoms with Gasteiger partial charge < -0.3 is 10.1 Å². The van der Waals surface area contributed by atoms with E-state index < -0.39 is 17.6 Å². The summed E-state index contributed by atoms with van der Waals surface area (Å²) < 4.78 is 8.05. The molecule has 2 aromatic rings. The third kappa shape index (κ3) is 3.06. The molecule has 8 heteroatoms. The first-order chi connectivity index (χ1) is 11.3. The van der Waals surface area contributed by atoms with Crippen LogP contribution in [-0.2, 0) is 9.53 Å². The zero-order chi connectivity index (χ0) is 17.5. The van der Waals surface area contributed by atoms with Gasteiger partial charge in [-0.1, -0.05) is 39.2 Å². The maximum absolute atomic E-state index is 12.8. The normalized spacial score (nSPS) is 17.3. The van der Waals surface area contributed by atoms with Gasteiger partial charge in [-0.05, 0) is 49.8 Å². The first-order valence-corrected chi connectivity index (χ1v) is 8.30. The largest absolute Gasteiger partial charge is 0.456 e. The molecule has 0 saturated heterocycles. The Kier molecular flexibility index (Phi) is 4.16. The summed E-state index contributed by atoms with van der Waals surface area (Å²) in [6.07, 6.45) is 0. The van der Waals surface area contributed by atoms with E-state index in [9.17, 15) is 4.79 Å². The van der Waals surface area contributed by atoms with Crippen molar-refractivity contribution in [2.24, 2.45) is 0 Å². The monoisotopic (exact) mass is 391 g/mol. The molecule has 1 aromatic heterocycles. The van der Waals surface area contributed by atoms with Gasteiger partial charge in [-0.2, -0.15) is 4.68 Å². The van der Waals surface area contributed by atoms with E-state index in [4.69, 9.17) is 4.74 Å². The minimum Gasteiger partial charge on any atom is -0.456 e. The van der Waals surface area contributed by atoms with Crippen molar-refractivity contribution in [3.63, 3.8) is 0 Å². The highest BCUT2D eigenvalue weighted by molar-refractivity contribution is 9.10. The van der Waals surface area contributed by atoms with Crippen LogP contribution in [0.25, 0.3) is 0 Å². The molecule has 0 spiro atoms. The number of fused-ring (bicyclic) bond motifs is 1. The molecule has 0 fully saturated rings. The number of hydrogen-bond acceptors (Lipinski definition) is 6. The number of aromatic nitrogens is 4. The first kappa shape index (κ1) is 16.6. The average Bonchev–Trinajstić information content (AvgIpc) is 2.92. The van der Waals surface area contributed by atoms with Crippen molar-refractivity contribution in [3.8, 4) is 0 Å². The number of rotatable bonds is 2. The number of ether oxygens (including phenoxy) is 1. The fraction of sp³-hybridized carbons (Fsp3) is 0.375. The fourth-order valence-corrected chi connectivity index (χ4v) is 3.10. The van der Waals surface area contributed by atoms with Crippen LogP contribution in [0, 0.1) is 0 Å². The highest BCUT2D eigenvalue weighted by atomic mass is 79.9. The average molecular weight is 392 g/mol. The van der Waals surface area contributed by atoms with Gasteiger partial charge >= 0.3 is 5.97 Å². The van der Waals surface area contributed by atoms with E-state index in [1.165, 1.54) is 0 Å². The third-order valence-electron chi connectivity index (χ3n) is 3.53. The lowest BCUT2D eigenvalue weighted by Crippen LogP contribution is -2.33. The Hall–Kier alpha value is -2.22. The third-order valence-corrected chi connectivity index (χ3v) is 4.25. The Bertz CT molecular complexity index is 822. The molecule has 0 aliphatic carbocycles. The number of benzene rings is 1. The lowest BCUT2D eigenvalue weighted by Gasteiger charge is -2.30. The zero-order valence-electron chi connectivity index (χ0n) is 13.9. The van der Waals surface area contributed by atoms with Crippen LogP contribution >= 0.6 is 15.9 Å². The Morgan fingerprint density at radius 2 is 2.04 bits per heavy atom. The summed E-state index contributed by atoms with van der Waals surface area (Å²) >= 11 is 3.55. The minimum atomic E-state index is -0.594. The molecule has 1 aliphatic rings. The number of allylic oxidation sites excluding steroid dienone is 1. The molecule has 1 aliphatic heterocycles. The fourth-order valence-electron chi connectivity index (χ4n) is 2.59. The van der Waals surface area contributed by atoms with E-state index in [0.29, 0.717) is 17.2 Å². The summed E-state index contributed by atoms with van der Waals surface area (Å²) in [7, 11) is 0. The Morgan fingerprint density at radius 1 is 1.33 bits per heavy atom. The molecule has 24 heavy (non-hydrogen) atoms. The summed E-state index contributed by atoms with van der Waals surface area (Å²) in [5.41, 5.74) is 1.45. The maximum atomic E-state index is 12.8. The highest BCUT2D eigenvalue weighted by Crippen LogP contribution is 2.38. The number of anilines is 1. The van der Waals surface area contributed by atoms with Crippen molar-refractivity contribution in [2.75, 3.05) is 5.32 Å². The van der Waals surface area contributed by atoms with Crippen molar-refractivity contribution in [1.29, 1.82) is 0 Å². The summed E-state index contributed by atoms with van der Waals surface area (Å²) in [6.45, 7) is 7.34. The molecule has 7 nitrogen and oxygen atoms in total. The second-order valence-corrected chi connectivity index (χ2v) is 7.39. The molecular weight excluding hydrogens is 374 g/mol. The number of carbonyl (C=O) groups excluding carboxylic acids is 1. The van der Waals surface area contributed by atoms with Crippen LogP contribution in [0.15, 0.2) is 40.0 Å². The van der Waals surface area contributed by atoms with Crippen molar-refractivity contribution in [1.82, 2.24) is 20.2 Å². The lowest BCUT2D eigenvalue weighted by atomic mass is 9.95. The van der Waals surface area contributed by atoms with Gasteiger partial charge in [-0.15, -0.1) is 0 Å². The second-order valence-electron chi connectivity index (χ2n) is 6.54. The number of esters is 1. The molecule has 0 unspecified atom stereocenters. The minimum absolute atomic E-state index is 0.394. The number of nitrogens with one attached hydrogen (secondary N) is 1. The van der Waals surface area contributed by atoms with Crippen LogP contribution in [-0.4, -0.2) is 31.8 Å². The Labute approximate surface area is 148 Å². The van der Waals surface area contributed by atoms with Gasteiger partial charge in [0.15, 0.2) is 0 Å².